The molecular weight excluding hydrogens is 266 g/mol. The van der Waals surface area contributed by atoms with Gasteiger partial charge in [0.05, 0.1) is 5.41 Å². The number of benzene rings is 1. The smallest absolute Gasteiger partial charge is 0.230 e. The summed E-state index contributed by atoms with van der Waals surface area (Å²) in [5, 5.41) is 5.78. The highest BCUT2D eigenvalue weighted by molar-refractivity contribution is 5.91. The first-order chi connectivity index (χ1) is 10.1. The van der Waals surface area contributed by atoms with Gasteiger partial charge in [0.1, 0.15) is 0 Å². The number of nitrogen functional groups attached to an aromatic ring is 1. The highest BCUT2D eigenvalue weighted by atomic mass is 16.2. The molecule has 21 heavy (non-hydrogen) atoms. The van der Waals surface area contributed by atoms with Crippen LogP contribution in [-0.4, -0.2) is 24.9 Å². The van der Waals surface area contributed by atoms with Crippen LogP contribution in [0.15, 0.2) is 24.3 Å². The molecule has 2 aliphatic rings. The molecule has 5 nitrogen and oxygen atoms in total. The molecule has 0 spiro atoms. The summed E-state index contributed by atoms with van der Waals surface area (Å²) in [6.07, 6.45) is 3.74. The van der Waals surface area contributed by atoms with Crippen molar-refractivity contribution in [1.82, 2.24) is 10.6 Å². The Bertz CT molecular complexity index is 545. The molecular formula is C16H21N3O2. The molecule has 0 aliphatic heterocycles. The first kappa shape index (κ1) is 13.9. The van der Waals surface area contributed by atoms with Gasteiger partial charge in [0.2, 0.25) is 11.8 Å². The Kier molecular flexibility index (Phi) is 3.57. The van der Waals surface area contributed by atoms with Crippen LogP contribution in [0.25, 0.3) is 0 Å². The van der Waals surface area contributed by atoms with Crippen molar-refractivity contribution >= 4 is 17.5 Å². The first-order valence-corrected chi connectivity index (χ1v) is 7.54. The highest BCUT2D eigenvalue weighted by Gasteiger charge is 2.50. The fourth-order valence-electron chi connectivity index (χ4n) is 2.59. The first-order valence-electron chi connectivity index (χ1n) is 7.54. The second-order valence-corrected chi connectivity index (χ2v) is 6.03. The van der Waals surface area contributed by atoms with Crippen LogP contribution < -0.4 is 16.4 Å². The van der Waals surface area contributed by atoms with Crippen LogP contribution in [0.4, 0.5) is 5.69 Å². The molecule has 0 aromatic heterocycles. The van der Waals surface area contributed by atoms with E-state index in [-0.39, 0.29) is 23.1 Å². The Morgan fingerprint density at radius 1 is 1.10 bits per heavy atom. The number of hydrogen-bond donors (Lipinski definition) is 3. The van der Waals surface area contributed by atoms with Crippen LogP contribution in [-0.2, 0) is 15.0 Å². The second kappa shape index (κ2) is 5.39. The summed E-state index contributed by atoms with van der Waals surface area (Å²) < 4.78 is 0. The van der Waals surface area contributed by atoms with Gasteiger partial charge in [0.15, 0.2) is 0 Å². The van der Waals surface area contributed by atoms with E-state index in [9.17, 15) is 9.59 Å². The lowest BCUT2D eigenvalue weighted by molar-refractivity contribution is -0.124. The quantitative estimate of drug-likeness (QED) is 0.538. The summed E-state index contributed by atoms with van der Waals surface area (Å²) in [5.41, 5.74) is 7.03. The van der Waals surface area contributed by atoms with Gasteiger partial charge in [-0.3, -0.25) is 9.59 Å². The van der Waals surface area contributed by atoms with Crippen LogP contribution in [0.2, 0.25) is 0 Å². The number of nitrogens with one attached hydrogen (secondary N) is 2. The van der Waals surface area contributed by atoms with Crippen LogP contribution in [0.3, 0.4) is 0 Å². The van der Waals surface area contributed by atoms with E-state index in [0.717, 1.165) is 31.2 Å². The maximum Gasteiger partial charge on any atom is 0.230 e. The number of nitrogens with two attached hydrogens (primary N) is 1. The number of carbonyl (C=O) groups is 2. The molecule has 2 saturated carbocycles. The molecule has 112 valence electrons. The molecule has 3 rings (SSSR count). The average Bonchev–Trinajstić information content (AvgIpc) is 3.37. The Morgan fingerprint density at radius 3 is 2.29 bits per heavy atom. The van der Waals surface area contributed by atoms with Gasteiger partial charge >= 0.3 is 0 Å². The maximum absolute atomic E-state index is 12.3. The van der Waals surface area contributed by atoms with E-state index in [0.29, 0.717) is 18.8 Å². The van der Waals surface area contributed by atoms with Crippen LogP contribution in [0.1, 0.15) is 31.2 Å². The van der Waals surface area contributed by atoms with E-state index in [1.807, 2.05) is 24.3 Å². The maximum atomic E-state index is 12.3. The van der Waals surface area contributed by atoms with Crippen molar-refractivity contribution in [3.8, 4) is 0 Å². The van der Waals surface area contributed by atoms with Crippen molar-refractivity contribution in [2.24, 2.45) is 5.92 Å². The molecule has 2 amide bonds. The second-order valence-electron chi connectivity index (χ2n) is 6.03. The van der Waals surface area contributed by atoms with Gasteiger partial charge in [-0.15, -0.1) is 0 Å². The molecule has 4 N–H and O–H groups in total. The van der Waals surface area contributed by atoms with Crippen LogP contribution >= 0.6 is 0 Å². The minimum atomic E-state index is -0.381. The van der Waals surface area contributed by atoms with Crippen molar-refractivity contribution in [1.29, 1.82) is 0 Å². The molecule has 0 unspecified atom stereocenters. The third kappa shape index (κ3) is 3.01. The molecule has 1 aromatic carbocycles. The number of rotatable bonds is 6. The number of anilines is 1. The van der Waals surface area contributed by atoms with Gasteiger partial charge in [-0.25, -0.2) is 0 Å². The third-order valence-corrected chi connectivity index (χ3v) is 4.31. The summed E-state index contributed by atoms with van der Waals surface area (Å²) in [5.74, 6) is 0.377. The molecule has 0 atom stereocenters. The zero-order chi connectivity index (χ0) is 14.9. The Labute approximate surface area is 124 Å². The van der Waals surface area contributed by atoms with Gasteiger partial charge in [-0.05, 0) is 43.4 Å². The average molecular weight is 287 g/mol. The summed E-state index contributed by atoms with van der Waals surface area (Å²) in [4.78, 5) is 23.8. The minimum absolute atomic E-state index is 0.0490. The van der Waals surface area contributed by atoms with Crippen molar-refractivity contribution in [3.63, 3.8) is 0 Å². The lowest BCUT2D eigenvalue weighted by Crippen LogP contribution is -2.40. The van der Waals surface area contributed by atoms with Crippen LogP contribution in [0, 0.1) is 5.92 Å². The Balaban J connectivity index is 1.48. The number of carbonyl (C=O) groups excluding carboxylic acids is 2. The van der Waals surface area contributed by atoms with Crippen molar-refractivity contribution in [2.45, 2.75) is 31.1 Å². The predicted molar refractivity (Wildman–Crippen MR) is 80.5 cm³/mol. The van der Waals surface area contributed by atoms with E-state index < -0.39 is 0 Å². The van der Waals surface area contributed by atoms with Crippen molar-refractivity contribution in [3.05, 3.63) is 29.8 Å². The fourth-order valence-corrected chi connectivity index (χ4v) is 2.59. The van der Waals surface area contributed by atoms with E-state index in [2.05, 4.69) is 10.6 Å². The molecule has 1 aromatic rings. The van der Waals surface area contributed by atoms with Crippen LogP contribution in [0.5, 0.6) is 0 Å². The van der Waals surface area contributed by atoms with Gasteiger partial charge in [-0.1, -0.05) is 12.1 Å². The Morgan fingerprint density at radius 2 is 1.71 bits per heavy atom. The summed E-state index contributed by atoms with van der Waals surface area (Å²) in [6, 6.07) is 7.52. The summed E-state index contributed by atoms with van der Waals surface area (Å²) in [7, 11) is 0. The molecule has 2 aliphatic carbocycles. The molecule has 0 heterocycles. The van der Waals surface area contributed by atoms with Gasteiger partial charge in [-0.2, -0.15) is 0 Å². The largest absolute Gasteiger partial charge is 0.399 e. The zero-order valence-electron chi connectivity index (χ0n) is 12.0. The topological polar surface area (TPSA) is 84.2 Å². The number of hydrogen-bond acceptors (Lipinski definition) is 3. The summed E-state index contributed by atoms with van der Waals surface area (Å²) >= 11 is 0. The molecule has 0 bridgehead atoms. The van der Waals surface area contributed by atoms with E-state index in [4.69, 9.17) is 5.73 Å². The molecule has 2 fully saturated rings. The lowest BCUT2D eigenvalue weighted by atomic mass is 9.95. The lowest BCUT2D eigenvalue weighted by Gasteiger charge is -2.16. The van der Waals surface area contributed by atoms with Crippen molar-refractivity contribution in [2.75, 3.05) is 18.8 Å². The summed E-state index contributed by atoms with van der Waals surface area (Å²) in [6.45, 7) is 0.979. The van der Waals surface area contributed by atoms with E-state index >= 15 is 0 Å². The van der Waals surface area contributed by atoms with Gasteiger partial charge < -0.3 is 16.4 Å². The van der Waals surface area contributed by atoms with Gasteiger partial charge in [0, 0.05) is 24.7 Å². The fraction of sp³-hybridized carbons (Fsp3) is 0.500. The predicted octanol–water partition coefficient (Wildman–Crippen LogP) is 0.943. The SMILES string of the molecule is Nc1ccc(C2(C(=O)NCCNC(=O)C3CC3)CC2)cc1. The van der Waals surface area contributed by atoms with E-state index in [1.165, 1.54) is 0 Å². The normalized spacial score (nSPS) is 18.9. The Hall–Kier alpha value is -2.04. The van der Waals surface area contributed by atoms with Gasteiger partial charge in [0.25, 0.3) is 0 Å². The minimum Gasteiger partial charge on any atom is -0.399 e. The van der Waals surface area contributed by atoms with E-state index in [1.54, 1.807) is 0 Å². The molecule has 0 radical (unpaired) electrons. The zero-order valence-corrected chi connectivity index (χ0v) is 12.0. The standard InChI is InChI=1S/C16H21N3O2/c17-13-5-3-12(4-6-13)16(7-8-16)15(21)19-10-9-18-14(20)11-1-2-11/h3-6,11H,1-2,7-10,17H2,(H,18,20)(H,19,21). The molecule has 5 heteroatoms. The van der Waals surface area contributed by atoms with Crippen molar-refractivity contribution < 1.29 is 9.59 Å². The monoisotopic (exact) mass is 287 g/mol. The molecule has 0 saturated heterocycles. The third-order valence-electron chi connectivity index (χ3n) is 4.31. The number of amides is 2. The highest BCUT2D eigenvalue weighted by Crippen LogP contribution is 2.48.